The van der Waals surface area contributed by atoms with E-state index in [0.29, 0.717) is 5.69 Å². The maximum Gasteiger partial charge on any atom is 0.337 e. The van der Waals surface area contributed by atoms with Crippen molar-refractivity contribution in [3.05, 3.63) is 29.8 Å². The second-order valence-electron chi connectivity index (χ2n) is 2.34. The van der Waals surface area contributed by atoms with E-state index in [1.165, 1.54) is 6.07 Å². The molecular weight excluding hydrogens is 186 g/mol. The summed E-state index contributed by atoms with van der Waals surface area (Å²) in [6.07, 6.45) is 0. The molecule has 0 saturated carbocycles. The highest BCUT2D eigenvalue weighted by Gasteiger charge is 2.03. The van der Waals surface area contributed by atoms with Crippen LogP contribution in [0.3, 0.4) is 0 Å². The third-order valence-electron chi connectivity index (χ3n) is 1.29. The number of para-hydroxylation sites is 1. The Kier molecular flexibility index (Phi) is 6.09. The number of aliphatic hydroxyl groups is 2. The number of hydrogen-bond acceptors (Lipinski definition) is 4. The van der Waals surface area contributed by atoms with Gasteiger partial charge < -0.3 is 21.1 Å². The van der Waals surface area contributed by atoms with E-state index >= 15 is 0 Å². The van der Waals surface area contributed by atoms with Gasteiger partial charge in [0.15, 0.2) is 0 Å². The molecule has 0 fully saturated rings. The lowest BCUT2D eigenvalue weighted by Gasteiger charge is -1.96. The van der Waals surface area contributed by atoms with Gasteiger partial charge in [0.05, 0.1) is 18.8 Å². The monoisotopic (exact) mass is 199 g/mol. The third-order valence-corrected chi connectivity index (χ3v) is 1.29. The lowest BCUT2D eigenvalue weighted by Crippen LogP contribution is -2.00. The normalized spacial score (nSPS) is 8.71. The van der Waals surface area contributed by atoms with Crippen molar-refractivity contribution in [2.45, 2.75) is 0 Å². The molecule has 0 aliphatic heterocycles. The Labute approximate surface area is 81.4 Å². The number of anilines is 1. The van der Waals surface area contributed by atoms with E-state index in [1.807, 2.05) is 0 Å². The van der Waals surface area contributed by atoms with Crippen LogP contribution in [-0.2, 0) is 0 Å². The molecule has 0 amide bonds. The van der Waals surface area contributed by atoms with Crippen LogP contribution in [0.4, 0.5) is 5.69 Å². The highest BCUT2D eigenvalue weighted by atomic mass is 16.4. The fourth-order valence-corrected chi connectivity index (χ4v) is 0.692. The lowest BCUT2D eigenvalue weighted by atomic mass is 10.2. The van der Waals surface area contributed by atoms with Gasteiger partial charge in [-0.1, -0.05) is 12.1 Å². The molecular formula is C9H13NO4. The van der Waals surface area contributed by atoms with Crippen molar-refractivity contribution in [1.82, 2.24) is 0 Å². The summed E-state index contributed by atoms with van der Waals surface area (Å²) in [5.41, 5.74) is 5.80. The van der Waals surface area contributed by atoms with Gasteiger partial charge in [-0.25, -0.2) is 4.79 Å². The number of carbonyl (C=O) groups is 1. The van der Waals surface area contributed by atoms with Crippen LogP contribution >= 0.6 is 0 Å². The van der Waals surface area contributed by atoms with Gasteiger partial charge in [-0.2, -0.15) is 0 Å². The van der Waals surface area contributed by atoms with E-state index in [9.17, 15) is 4.79 Å². The first kappa shape index (κ1) is 12.4. The fourth-order valence-electron chi connectivity index (χ4n) is 0.692. The summed E-state index contributed by atoms with van der Waals surface area (Å²) in [6, 6.07) is 6.36. The molecule has 78 valence electrons. The maximum atomic E-state index is 10.3. The SMILES string of the molecule is Nc1ccccc1C(=O)O.OCCO. The van der Waals surface area contributed by atoms with Gasteiger partial charge in [-0.3, -0.25) is 0 Å². The maximum absolute atomic E-state index is 10.3. The van der Waals surface area contributed by atoms with Gasteiger partial charge in [-0.15, -0.1) is 0 Å². The van der Waals surface area contributed by atoms with Crippen molar-refractivity contribution in [2.75, 3.05) is 18.9 Å². The zero-order valence-corrected chi connectivity index (χ0v) is 7.55. The van der Waals surface area contributed by atoms with E-state index in [0.717, 1.165) is 0 Å². The van der Waals surface area contributed by atoms with Gasteiger partial charge >= 0.3 is 5.97 Å². The Bertz CT molecular complexity index is 286. The molecule has 1 rings (SSSR count). The average molecular weight is 199 g/mol. The van der Waals surface area contributed by atoms with Crippen molar-refractivity contribution in [3.8, 4) is 0 Å². The zero-order chi connectivity index (χ0) is 11.0. The number of aromatic carboxylic acids is 1. The summed E-state index contributed by atoms with van der Waals surface area (Å²) in [4.78, 5) is 10.3. The number of carboxylic acid groups (broad SMARTS) is 1. The largest absolute Gasteiger partial charge is 0.478 e. The van der Waals surface area contributed by atoms with Gasteiger partial charge in [0.25, 0.3) is 0 Å². The second kappa shape index (κ2) is 6.88. The van der Waals surface area contributed by atoms with Crippen LogP contribution in [0, 0.1) is 0 Å². The van der Waals surface area contributed by atoms with Crippen molar-refractivity contribution in [2.24, 2.45) is 0 Å². The van der Waals surface area contributed by atoms with Gasteiger partial charge in [-0.05, 0) is 12.1 Å². The van der Waals surface area contributed by atoms with Crippen LogP contribution in [0.2, 0.25) is 0 Å². The van der Waals surface area contributed by atoms with Crippen molar-refractivity contribution >= 4 is 11.7 Å². The average Bonchev–Trinajstić information content (AvgIpc) is 2.18. The molecule has 5 N–H and O–H groups in total. The molecule has 1 aromatic rings. The Balaban J connectivity index is 0.000000364. The van der Waals surface area contributed by atoms with Gasteiger partial charge in [0.2, 0.25) is 0 Å². The summed E-state index contributed by atoms with van der Waals surface area (Å²) >= 11 is 0. The van der Waals surface area contributed by atoms with Crippen LogP contribution in [0.15, 0.2) is 24.3 Å². The highest BCUT2D eigenvalue weighted by Crippen LogP contribution is 2.08. The number of hydrogen-bond donors (Lipinski definition) is 4. The van der Waals surface area contributed by atoms with Gasteiger partial charge in [0.1, 0.15) is 0 Å². The van der Waals surface area contributed by atoms with E-state index in [-0.39, 0.29) is 18.8 Å². The fraction of sp³-hybridized carbons (Fsp3) is 0.222. The lowest BCUT2D eigenvalue weighted by molar-refractivity contribution is 0.0698. The molecule has 0 aromatic heterocycles. The van der Waals surface area contributed by atoms with E-state index < -0.39 is 5.97 Å². The molecule has 0 spiro atoms. The molecule has 14 heavy (non-hydrogen) atoms. The number of nitrogens with two attached hydrogens (primary N) is 1. The number of benzene rings is 1. The predicted octanol–water partition coefficient (Wildman–Crippen LogP) is -0.0620. The van der Waals surface area contributed by atoms with Crippen LogP contribution in [0.1, 0.15) is 10.4 Å². The number of aliphatic hydroxyl groups excluding tert-OH is 2. The Morgan fingerprint density at radius 1 is 1.21 bits per heavy atom. The third kappa shape index (κ3) is 4.44. The Morgan fingerprint density at radius 3 is 2.00 bits per heavy atom. The Morgan fingerprint density at radius 2 is 1.71 bits per heavy atom. The minimum Gasteiger partial charge on any atom is -0.478 e. The smallest absolute Gasteiger partial charge is 0.337 e. The van der Waals surface area contributed by atoms with Crippen LogP contribution < -0.4 is 5.73 Å². The second-order valence-corrected chi connectivity index (χ2v) is 2.34. The van der Waals surface area contributed by atoms with Crippen molar-refractivity contribution in [3.63, 3.8) is 0 Å². The molecule has 0 aliphatic rings. The molecule has 0 heterocycles. The molecule has 0 atom stereocenters. The van der Waals surface area contributed by atoms with E-state index in [2.05, 4.69) is 0 Å². The molecule has 0 bridgehead atoms. The van der Waals surface area contributed by atoms with Crippen LogP contribution in [0.5, 0.6) is 0 Å². The van der Waals surface area contributed by atoms with Crippen LogP contribution in [-0.4, -0.2) is 34.5 Å². The molecule has 5 heteroatoms. The quantitative estimate of drug-likeness (QED) is 0.499. The molecule has 0 radical (unpaired) electrons. The zero-order valence-electron chi connectivity index (χ0n) is 7.55. The number of nitrogen functional groups attached to an aromatic ring is 1. The summed E-state index contributed by atoms with van der Waals surface area (Å²) in [5.74, 6) is -0.988. The first-order valence-corrected chi connectivity index (χ1v) is 3.93. The van der Waals surface area contributed by atoms with Crippen molar-refractivity contribution < 1.29 is 20.1 Å². The first-order chi connectivity index (χ1) is 6.63. The molecule has 5 nitrogen and oxygen atoms in total. The molecule has 0 aliphatic carbocycles. The van der Waals surface area contributed by atoms with Crippen LogP contribution in [0.25, 0.3) is 0 Å². The first-order valence-electron chi connectivity index (χ1n) is 3.93. The summed E-state index contributed by atoms with van der Waals surface area (Å²) in [5, 5.41) is 23.7. The highest BCUT2D eigenvalue weighted by molar-refractivity contribution is 5.93. The standard InChI is InChI=1S/C7H7NO2.C2H6O2/c8-6-4-2-1-3-5(6)7(9)10;3-1-2-4/h1-4H,8H2,(H,9,10);3-4H,1-2H2. The topological polar surface area (TPSA) is 104 Å². The molecule has 1 aromatic carbocycles. The van der Waals surface area contributed by atoms with Gasteiger partial charge in [0, 0.05) is 5.69 Å². The predicted molar refractivity (Wildman–Crippen MR) is 52.0 cm³/mol. The minimum absolute atomic E-state index is 0.125. The van der Waals surface area contributed by atoms with E-state index in [4.69, 9.17) is 21.1 Å². The Hall–Kier alpha value is -1.59. The minimum atomic E-state index is -0.988. The van der Waals surface area contributed by atoms with E-state index in [1.54, 1.807) is 18.2 Å². The molecule has 0 unspecified atom stereocenters. The van der Waals surface area contributed by atoms with Crippen molar-refractivity contribution in [1.29, 1.82) is 0 Å². The summed E-state index contributed by atoms with van der Waals surface area (Å²) in [7, 11) is 0. The number of carboxylic acids is 1. The summed E-state index contributed by atoms with van der Waals surface area (Å²) < 4.78 is 0. The molecule has 0 saturated heterocycles. The summed E-state index contributed by atoms with van der Waals surface area (Å²) in [6.45, 7) is -0.250. The number of rotatable bonds is 2.